The second kappa shape index (κ2) is 6.53. The van der Waals surface area contributed by atoms with Crippen LogP contribution in [0.5, 0.6) is 0 Å². The molecule has 1 aromatic rings. The number of ether oxygens (including phenoxy) is 1. The van der Waals surface area contributed by atoms with E-state index in [0.29, 0.717) is 6.54 Å². The van der Waals surface area contributed by atoms with E-state index in [9.17, 15) is 10.1 Å². The maximum atomic E-state index is 12.2. The third kappa shape index (κ3) is 3.58. The highest BCUT2D eigenvalue weighted by atomic mass is 16.5. The van der Waals surface area contributed by atoms with Gasteiger partial charge < -0.3 is 10.1 Å². The van der Waals surface area contributed by atoms with Gasteiger partial charge in [0.2, 0.25) is 5.91 Å². The molecule has 106 valence electrons. The molecular weight excluding hydrogens is 252 g/mol. The highest BCUT2D eigenvalue weighted by Gasteiger charge is 2.29. The molecule has 1 unspecified atom stereocenters. The molecule has 1 atom stereocenters. The SMILES string of the molecule is CC1(CNC(=O)C(C#N)c2ccccc2)CCOCC1. The standard InChI is InChI=1S/C16H20N2O2/c1-16(7-9-20-10-8-16)12-18-15(19)14(11-17)13-5-3-2-4-6-13/h2-6,14H,7-10,12H2,1H3,(H,18,19). The van der Waals surface area contributed by atoms with E-state index in [-0.39, 0.29) is 11.3 Å². The van der Waals surface area contributed by atoms with Crippen molar-refractivity contribution in [1.82, 2.24) is 5.32 Å². The third-order valence-electron chi connectivity index (χ3n) is 3.91. The lowest BCUT2D eigenvalue weighted by molar-refractivity contribution is -0.122. The van der Waals surface area contributed by atoms with E-state index in [1.165, 1.54) is 0 Å². The van der Waals surface area contributed by atoms with Crippen LogP contribution in [0.25, 0.3) is 0 Å². The van der Waals surface area contributed by atoms with E-state index in [2.05, 4.69) is 18.3 Å². The van der Waals surface area contributed by atoms with Crippen LogP contribution in [-0.2, 0) is 9.53 Å². The van der Waals surface area contributed by atoms with Gasteiger partial charge in [-0.05, 0) is 23.8 Å². The zero-order valence-corrected chi connectivity index (χ0v) is 11.8. The molecule has 0 bridgehead atoms. The van der Waals surface area contributed by atoms with Crippen molar-refractivity contribution in [1.29, 1.82) is 5.26 Å². The summed E-state index contributed by atoms with van der Waals surface area (Å²) in [4.78, 5) is 12.2. The van der Waals surface area contributed by atoms with Crippen molar-refractivity contribution < 1.29 is 9.53 Å². The first-order valence-corrected chi connectivity index (χ1v) is 6.95. The molecule has 0 spiro atoms. The predicted molar refractivity (Wildman–Crippen MR) is 76.0 cm³/mol. The summed E-state index contributed by atoms with van der Waals surface area (Å²) in [5, 5.41) is 12.1. The van der Waals surface area contributed by atoms with Gasteiger partial charge in [0, 0.05) is 19.8 Å². The molecule has 1 fully saturated rings. The van der Waals surface area contributed by atoms with Crippen molar-refractivity contribution in [2.75, 3.05) is 19.8 Å². The minimum absolute atomic E-state index is 0.0740. The largest absolute Gasteiger partial charge is 0.381 e. The van der Waals surface area contributed by atoms with E-state index in [4.69, 9.17) is 4.74 Å². The van der Waals surface area contributed by atoms with Gasteiger partial charge in [0.25, 0.3) is 0 Å². The number of carbonyl (C=O) groups excluding carboxylic acids is 1. The molecule has 1 aromatic carbocycles. The Balaban J connectivity index is 1.95. The minimum atomic E-state index is -0.736. The van der Waals surface area contributed by atoms with Gasteiger partial charge in [0.1, 0.15) is 5.92 Å². The molecule has 20 heavy (non-hydrogen) atoms. The fourth-order valence-electron chi connectivity index (χ4n) is 2.37. The summed E-state index contributed by atoms with van der Waals surface area (Å²) in [5.74, 6) is -0.953. The summed E-state index contributed by atoms with van der Waals surface area (Å²) in [5.41, 5.74) is 0.814. The van der Waals surface area contributed by atoms with Crippen LogP contribution in [0.3, 0.4) is 0 Å². The molecule has 1 saturated heterocycles. The zero-order valence-electron chi connectivity index (χ0n) is 11.8. The molecular formula is C16H20N2O2. The number of hydrogen-bond acceptors (Lipinski definition) is 3. The lowest BCUT2D eigenvalue weighted by atomic mass is 9.82. The molecule has 1 aliphatic rings. The number of rotatable bonds is 4. The van der Waals surface area contributed by atoms with Crippen molar-refractivity contribution >= 4 is 5.91 Å². The van der Waals surface area contributed by atoms with E-state index in [0.717, 1.165) is 31.6 Å². The van der Waals surface area contributed by atoms with E-state index < -0.39 is 5.92 Å². The number of nitrogens with zero attached hydrogens (tertiary/aromatic N) is 1. The summed E-state index contributed by atoms with van der Waals surface area (Å²) in [6.45, 7) is 4.24. The number of carbonyl (C=O) groups is 1. The molecule has 1 aliphatic heterocycles. The quantitative estimate of drug-likeness (QED) is 0.914. The smallest absolute Gasteiger partial charge is 0.241 e. The normalized spacial score (nSPS) is 18.8. The summed E-state index contributed by atoms with van der Waals surface area (Å²) >= 11 is 0. The summed E-state index contributed by atoms with van der Waals surface area (Å²) in [7, 11) is 0. The Labute approximate surface area is 119 Å². The van der Waals surface area contributed by atoms with Crippen LogP contribution >= 0.6 is 0 Å². The van der Waals surface area contributed by atoms with Gasteiger partial charge in [-0.25, -0.2) is 0 Å². The van der Waals surface area contributed by atoms with Gasteiger partial charge in [0.15, 0.2) is 0 Å². The Morgan fingerprint density at radius 2 is 2.05 bits per heavy atom. The fraction of sp³-hybridized carbons (Fsp3) is 0.500. The fourth-order valence-corrected chi connectivity index (χ4v) is 2.37. The van der Waals surface area contributed by atoms with Crippen LogP contribution in [0.4, 0.5) is 0 Å². The monoisotopic (exact) mass is 272 g/mol. The van der Waals surface area contributed by atoms with Gasteiger partial charge in [-0.3, -0.25) is 4.79 Å². The second-order valence-electron chi connectivity index (χ2n) is 5.61. The number of amides is 1. The Morgan fingerprint density at radius 3 is 2.65 bits per heavy atom. The molecule has 4 nitrogen and oxygen atoms in total. The van der Waals surface area contributed by atoms with Crippen LogP contribution in [0, 0.1) is 16.7 Å². The summed E-state index contributed by atoms with van der Waals surface area (Å²) in [6, 6.07) is 11.3. The lowest BCUT2D eigenvalue weighted by Crippen LogP contribution is -2.40. The topological polar surface area (TPSA) is 62.1 Å². The third-order valence-corrected chi connectivity index (χ3v) is 3.91. The Morgan fingerprint density at radius 1 is 1.40 bits per heavy atom. The number of hydrogen-bond donors (Lipinski definition) is 1. The van der Waals surface area contributed by atoms with E-state index in [1.54, 1.807) is 0 Å². The molecule has 0 saturated carbocycles. The first kappa shape index (κ1) is 14.5. The first-order valence-electron chi connectivity index (χ1n) is 6.95. The molecule has 0 aromatic heterocycles. The van der Waals surface area contributed by atoms with Crippen LogP contribution in [-0.4, -0.2) is 25.7 Å². The first-order chi connectivity index (χ1) is 9.64. The van der Waals surface area contributed by atoms with E-state index in [1.807, 2.05) is 30.3 Å². The van der Waals surface area contributed by atoms with Crippen molar-refractivity contribution in [3.05, 3.63) is 35.9 Å². The van der Waals surface area contributed by atoms with Crippen molar-refractivity contribution in [3.8, 4) is 6.07 Å². The highest BCUT2D eigenvalue weighted by molar-refractivity contribution is 5.86. The Kier molecular flexibility index (Phi) is 4.75. The average molecular weight is 272 g/mol. The Bertz CT molecular complexity index is 487. The van der Waals surface area contributed by atoms with Gasteiger partial charge in [0.05, 0.1) is 6.07 Å². The van der Waals surface area contributed by atoms with Crippen LogP contribution < -0.4 is 5.32 Å². The van der Waals surface area contributed by atoms with Crippen molar-refractivity contribution in [3.63, 3.8) is 0 Å². The van der Waals surface area contributed by atoms with Crippen molar-refractivity contribution in [2.24, 2.45) is 5.41 Å². The predicted octanol–water partition coefficient (Wildman–Crippen LogP) is 2.23. The molecule has 0 aliphatic carbocycles. The van der Waals surface area contributed by atoms with Crippen LogP contribution in [0.15, 0.2) is 30.3 Å². The van der Waals surface area contributed by atoms with Crippen molar-refractivity contribution in [2.45, 2.75) is 25.7 Å². The summed E-state index contributed by atoms with van der Waals surface area (Å²) in [6.07, 6.45) is 1.88. The van der Waals surface area contributed by atoms with Gasteiger partial charge in [-0.15, -0.1) is 0 Å². The van der Waals surface area contributed by atoms with E-state index >= 15 is 0 Å². The van der Waals surface area contributed by atoms with Gasteiger partial charge in [-0.2, -0.15) is 5.26 Å². The molecule has 1 amide bonds. The van der Waals surface area contributed by atoms with Gasteiger partial charge >= 0.3 is 0 Å². The molecule has 1 N–H and O–H groups in total. The number of nitrogens with one attached hydrogen (secondary N) is 1. The maximum absolute atomic E-state index is 12.2. The summed E-state index contributed by atoms with van der Waals surface area (Å²) < 4.78 is 5.34. The minimum Gasteiger partial charge on any atom is -0.381 e. The zero-order chi connectivity index (χ0) is 14.4. The highest BCUT2D eigenvalue weighted by Crippen LogP contribution is 2.29. The van der Waals surface area contributed by atoms with Crippen LogP contribution in [0.1, 0.15) is 31.2 Å². The lowest BCUT2D eigenvalue weighted by Gasteiger charge is -2.33. The number of benzene rings is 1. The maximum Gasteiger partial charge on any atom is 0.241 e. The molecule has 1 heterocycles. The average Bonchev–Trinajstić information content (AvgIpc) is 2.48. The molecule has 0 radical (unpaired) electrons. The second-order valence-corrected chi connectivity index (χ2v) is 5.61. The molecule has 4 heteroatoms. The Hall–Kier alpha value is -1.86. The van der Waals surface area contributed by atoms with Gasteiger partial charge in [-0.1, -0.05) is 37.3 Å². The van der Waals surface area contributed by atoms with Crippen LogP contribution in [0.2, 0.25) is 0 Å². The molecule has 2 rings (SSSR count). The number of nitriles is 1.